The number of anilines is 1. The fourth-order valence-corrected chi connectivity index (χ4v) is 4.05. The maximum absolute atomic E-state index is 13.3. The van der Waals surface area contributed by atoms with E-state index in [9.17, 15) is 9.59 Å². The van der Waals surface area contributed by atoms with Gasteiger partial charge in [0.15, 0.2) is 0 Å². The molecule has 0 aliphatic heterocycles. The third-order valence-corrected chi connectivity index (χ3v) is 6.12. The number of para-hydroxylation sites is 1. The maximum atomic E-state index is 13.3. The van der Waals surface area contributed by atoms with Gasteiger partial charge in [0, 0.05) is 24.4 Å². The van der Waals surface area contributed by atoms with Crippen molar-refractivity contribution in [2.24, 2.45) is 0 Å². The number of aromatic nitrogens is 2. The van der Waals surface area contributed by atoms with E-state index in [0.717, 1.165) is 22.5 Å². The number of amides is 2. The zero-order valence-corrected chi connectivity index (χ0v) is 21.7. The molecule has 0 atom stereocenters. The van der Waals surface area contributed by atoms with Crippen molar-refractivity contribution in [3.8, 4) is 5.69 Å². The van der Waals surface area contributed by atoms with Gasteiger partial charge < -0.3 is 10.2 Å². The van der Waals surface area contributed by atoms with Gasteiger partial charge in [-0.15, -0.1) is 0 Å². The van der Waals surface area contributed by atoms with Crippen LogP contribution >= 0.6 is 0 Å². The Balaban J connectivity index is 1.53. The zero-order valence-electron chi connectivity index (χ0n) is 21.7. The summed E-state index contributed by atoms with van der Waals surface area (Å²) >= 11 is 0. The lowest BCUT2D eigenvalue weighted by molar-refractivity contribution is -0.135. The van der Waals surface area contributed by atoms with Crippen LogP contribution in [-0.4, -0.2) is 33.0 Å². The van der Waals surface area contributed by atoms with Gasteiger partial charge in [0.2, 0.25) is 11.8 Å². The van der Waals surface area contributed by atoms with E-state index in [2.05, 4.69) is 26.1 Å². The van der Waals surface area contributed by atoms with E-state index in [1.165, 1.54) is 0 Å². The number of carbonyl (C=O) groups excluding carboxylic acids is 2. The van der Waals surface area contributed by atoms with Crippen molar-refractivity contribution in [2.75, 3.05) is 11.9 Å². The second kappa shape index (κ2) is 11.7. The van der Waals surface area contributed by atoms with E-state index in [1.54, 1.807) is 9.58 Å². The van der Waals surface area contributed by atoms with Crippen molar-refractivity contribution in [3.63, 3.8) is 0 Å². The fourth-order valence-electron chi connectivity index (χ4n) is 4.05. The van der Waals surface area contributed by atoms with E-state index < -0.39 is 0 Å². The van der Waals surface area contributed by atoms with Crippen molar-refractivity contribution < 1.29 is 9.59 Å². The van der Waals surface area contributed by atoms with Crippen LogP contribution in [-0.2, 0) is 28.0 Å². The highest BCUT2D eigenvalue weighted by atomic mass is 16.2. The van der Waals surface area contributed by atoms with E-state index in [4.69, 9.17) is 5.10 Å². The molecular weight excluding hydrogens is 460 g/mol. The second-order valence-corrected chi connectivity index (χ2v) is 10.2. The van der Waals surface area contributed by atoms with Crippen LogP contribution in [0.25, 0.3) is 5.69 Å². The Labute approximate surface area is 218 Å². The second-order valence-electron chi connectivity index (χ2n) is 10.2. The molecule has 3 aromatic carbocycles. The average Bonchev–Trinajstić information content (AvgIpc) is 3.33. The number of nitrogens with zero attached hydrogens (tertiary/aromatic N) is 3. The van der Waals surface area contributed by atoms with Gasteiger partial charge in [-0.1, -0.05) is 99.6 Å². The maximum Gasteiger partial charge on any atom is 0.245 e. The van der Waals surface area contributed by atoms with Gasteiger partial charge >= 0.3 is 0 Å². The number of hydrogen-bond acceptors (Lipinski definition) is 3. The summed E-state index contributed by atoms with van der Waals surface area (Å²) in [5.41, 5.74) is 3.61. The Morgan fingerprint density at radius 2 is 1.41 bits per heavy atom. The lowest BCUT2D eigenvalue weighted by Crippen LogP contribution is -2.38. The SMILES string of the molecule is CC(C)(C)c1cc(NC(=O)CN(Cc2ccccc2)C(=O)CCc2ccccc2)n(-c2ccccc2)n1. The first-order valence-electron chi connectivity index (χ1n) is 12.6. The molecule has 0 bridgehead atoms. The standard InChI is InChI=1S/C31H34N4O2/c1-31(2,3)27-21-28(35(33-27)26-17-11-6-12-18-26)32-29(36)23-34(22-25-15-9-5-10-16-25)30(37)20-19-24-13-7-4-8-14-24/h4-18,21H,19-20,22-23H2,1-3H3,(H,32,36). The molecule has 0 radical (unpaired) electrons. The minimum absolute atomic E-state index is 0.0483. The highest BCUT2D eigenvalue weighted by molar-refractivity contribution is 5.94. The van der Waals surface area contributed by atoms with Crippen LogP contribution in [0.5, 0.6) is 0 Å². The van der Waals surface area contributed by atoms with Gasteiger partial charge in [-0.2, -0.15) is 5.10 Å². The zero-order chi connectivity index (χ0) is 26.3. The fraction of sp³-hybridized carbons (Fsp3) is 0.258. The average molecular weight is 495 g/mol. The number of nitrogens with one attached hydrogen (secondary N) is 1. The largest absolute Gasteiger partial charge is 0.329 e. The van der Waals surface area contributed by atoms with Gasteiger partial charge in [-0.05, 0) is 29.7 Å². The number of hydrogen-bond donors (Lipinski definition) is 1. The van der Waals surface area contributed by atoms with E-state index >= 15 is 0 Å². The minimum atomic E-state index is -0.262. The first-order valence-corrected chi connectivity index (χ1v) is 12.6. The summed E-state index contributed by atoms with van der Waals surface area (Å²) in [4.78, 5) is 28.2. The molecule has 1 aromatic heterocycles. The topological polar surface area (TPSA) is 67.2 Å². The van der Waals surface area contributed by atoms with E-state index in [0.29, 0.717) is 25.2 Å². The number of carbonyl (C=O) groups is 2. The third kappa shape index (κ3) is 7.17. The summed E-state index contributed by atoms with van der Waals surface area (Å²) in [5.74, 6) is 0.258. The smallest absolute Gasteiger partial charge is 0.245 e. The Kier molecular flexibility index (Phi) is 8.18. The molecule has 1 N–H and O–H groups in total. The highest BCUT2D eigenvalue weighted by Crippen LogP contribution is 2.26. The van der Waals surface area contributed by atoms with Gasteiger partial charge in [0.05, 0.1) is 11.4 Å². The Morgan fingerprint density at radius 3 is 2.00 bits per heavy atom. The van der Waals surface area contributed by atoms with Gasteiger partial charge in [-0.25, -0.2) is 4.68 Å². The molecule has 0 aliphatic rings. The van der Waals surface area contributed by atoms with Crippen LogP contribution in [0, 0.1) is 0 Å². The molecule has 1 heterocycles. The molecule has 0 spiro atoms. The summed E-state index contributed by atoms with van der Waals surface area (Å²) in [6.07, 6.45) is 0.961. The number of aryl methyl sites for hydroxylation is 1. The van der Waals surface area contributed by atoms with Crippen molar-refractivity contribution in [3.05, 3.63) is 114 Å². The minimum Gasteiger partial charge on any atom is -0.329 e. The van der Waals surface area contributed by atoms with Crippen LogP contribution in [0.1, 0.15) is 44.0 Å². The summed E-state index contributed by atoms with van der Waals surface area (Å²) in [5, 5.41) is 7.79. The first-order chi connectivity index (χ1) is 17.8. The molecule has 0 fully saturated rings. The summed E-state index contributed by atoms with van der Waals surface area (Å²) in [6, 6.07) is 31.3. The quantitative estimate of drug-likeness (QED) is 0.321. The molecule has 6 heteroatoms. The monoisotopic (exact) mass is 494 g/mol. The van der Waals surface area contributed by atoms with Crippen molar-refractivity contribution >= 4 is 17.6 Å². The van der Waals surface area contributed by atoms with Crippen molar-refractivity contribution in [2.45, 2.75) is 45.6 Å². The Morgan fingerprint density at radius 1 is 0.838 bits per heavy atom. The van der Waals surface area contributed by atoms with Gasteiger partial charge in [-0.3, -0.25) is 9.59 Å². The lowest BCUT2D eigenvalue weighted by Gasteiger charge is -2.23. The number of benzene rings is 3. The molecule has 0 unspecified atom stereocenters. The molecule has 6 nitrogen and oxygen atoms in total. The first kappa shape index (κ1) is 25.9. The van der Waals surface area contributed by atoms with Crippen LogP contribution in [0.4, 0.5) is 5.82 Å². The lowest BCUT2D eigenvalue weighted by atomic mass is 9.92. The van der Waals surface area contributed by atoms with E-state index in [1.807, 2.05) is 97.1 Å². The molecule has 0 saturated heterocycles. The van der Waals surface area contributed by atoms with Crippen LogP contribution in [0.3, 0.4) is 0 Å². The summed E-state index contributed by atoms with van der Waals surface area (Å²) in [7, 11) is 0. The third-order valence-electron chi connectivity index (χ3n) is 6.12. The normalized spacial score (nSPS) is 11.2. The van der Waals surface area contributed by atoms with Gasteiger partial charge in [0.25, 0.3) is 0 Å². The molecule has 4 aromatic rings. The predicted molar refractivity (Wildman–Crippen MR) is 148 cm³/mol. The molecule has 4 rings (SSSR count). The highest BCUT2D eigenvalue weighted by Gasteiger charge is 2.23. The van der Waals surface area contributed by atoms with Crippen LogP contribution < -0.4 is 5.32 Å². The molecule has 0 aliphatic carbocycles. The molecule has 37 heavy (non-hydrogen) atoms. The Bertz CT molecular complexity index is 1310. The molecular formula is C31H34N4O2. The summed E-state index contributed by atoms with van der Waals surface area (Å²) in [6.45, 7) is 6.58. The van der Waals surface area contributed by atoms with Crippen molar-refractivity contribution in [1.82, 2.24) is 14.7 Å². The molecule has 0 saturated carbocycles. The van der Waals surface area contributed by atoms with E-state index in [-0.39, 0.29) is 23.8 Å². The predicted octanol–water partition coefficient (Wildman–Crippen LogP) is 5.77. The van der Waals surface area contributed by atoms with Crippen LogP contribution in [0.15, 0.2) is 97.1 Å². The van der Waals surface area contributed by atoms with Gasteiger partial charge in [0.1, 0.15) is 12.4 Å². The van der Waals surface area contributed by atoms with Crippen LogP contribution in [0.2, 0.25) is 0 Å². The Hall–Kier alpha value is -4.19. The number of rotatable bonds is 9. The van der Waals surface area contributed by atoms with Crippen molar-refractivity contribution in [1.29, 1.82) is 0 Å². The summed E-state index contributed by atoms with van der Waals surface area (Å²) < 4.78 is 1.75. The molecule has 2 amide bonds. The molecule has 190 valence electrons.